The van der Waals surface area contributed by atoms with E-state index in [9.17, 15) is 9.59 Å². The maximum absolute atomic E-state index is 15.5. The molecule has 1 aromatic carbocycles. The largest absolute Gasteiger partial charge is 0.459 e. The van der Waals surface area contributed by atoms with Crippen LogP contribution < -0.4 is 0 Å². The molecule has 2 aliphatic carbocycles. The van der Waals surface area contributed by atoms with Gasteiger partial charge in [-0.2, -0.15) is 0 Å². The third-order valence-corrected chi connectivity index (χ3v) is 6.54. The second kappa shape index (κ2) is 8.20. The number of rotatable bonds is 5. The van der Waals surface area contributed by atoms with E-state index in [1.54, 1.807) is 20.8 Å². The van der Waals surface area contributed by atoms with Crippen molar-refractivity contribution >= 4 is 12.1 Å². The maximum Gasteiger partial charge on any atom is 0.411 e. The van der Waals surface area contributed by atoms with Gasteiger partial charge in [0, 0.05) is 17.9 Å². The number of carbonyl (C=O) groups excluding carboxylic acids is 2. The van der Waals surface area contributed by atoms with Gasteiger partial charge in [0.25, 0.3) is 0 Å². The Morgan fingerprint density at radius 3 is 2.43 bits per heavy atom. The van der Waals surface area contributed by atoms with Gasteiger partial charge in [-0.25, -0.2) is 14.0 Å². The van der Waals surface area contributed by atoms with Gasteiger partial charge in [-0.15, -0.1) is 0 Å². The minimum absolute atomic E-state index is 0.109. The predicted octanol–water partition coefficient (Wildman–Crippen LogP) is 4.88. The number of benzene rings is 1. The number of hydrogen-bond acceptors (Lipinski definition) is 4. The van der Waals surface area contributed by atoms with Crippen molar-refractivity contribution in [3.8, 4) is 0 Å². The van der Waals surface area contributed by atoms with Crippen LogP contribution in [-0.4, -0.2) is 40.8 Å². The van der Waals surface area contributed by atoms with Gasteiger partial charge in [-0.05, 0) is 51.5 Å². The molecule has 0 N–H and O–H groups in total. The molecule has 0 aromatic heterocycles. The zero-order valence-electron chi connectivity index (χ0n) is 18.1. The summed E-state index contributed by atoms with van der Waals surface area (Å²) in [5.41, 5.74) is 0.173. The molecule has 4 aliphatic rings. The number of hydrogen-bond donors (Lipinski definition) is 0. The second-order valence-corrected chi connectivity index (χ2v) is 10.0. The summed E-state index contributed by atoms with van der Waals surface area (Å²) >= 11 is 0. The lowest BCUT2D eigenvalue weighted by Crippen LogP contribution is -2.68. The molecule has 1 amide bonds. The zero-order valence-corrected chi connectivity index (χ0v) is 18.1. The average Bonchev–Trinajstić information content (AvgIpc) is 3.51. The van der Waals surface area contributed by atoms with Crippen LogP contribution >= 0.6 is 0 Å². The average molecular weight is 418 g/mol. The Balaban J connectivity index is 1.55. The molecule has 5 atom stereocenters. The number of nitrogens with zero attached hydrogens (tertiary/aromatic N) is 1. The van der Waals surface area contributed by atoms with Crippen molar-refractivity contribution in [3.63, 3.8) is 0 Å². The van der Waals surface area contributed by atoms with Crippen molar-refractivity contribution in [1.82, 2.24) is 4.90 Å². The van der Waals surface area contributed by atoms with E-state index in [4.69, 9.17) is 9.47 Å². The maximum atomic E-state index is 15.5. The second-order valence-electron chi connectivity index (χ2n) is 10.0. The fourth-order valence-corrected chi connectivity index (χ4v) is 5.05. The molecule has 5 nitrogen and oxygen atoms in total. The van der Waals surface area contributed by atoms with E-state index in [-0.39, 0.29) is 18.6 Å². The number of halogens is 1. The minimum Gasteiger partial charge on any atom is -0.459 e. The molecule has 6 heteroatoms. The van der Waals surface area contributed by atoms with Crippen molar-refractivity contribution in [3.05, 3.63) is 35.9 Å². The number of alkyl halides is 1. The van der Waals surface area contributed by atoms with Crippen LogP contribution in [0.4, 0.5) is 9.18 Å². The lowest BCUT2D eigenvalue weighted by atomic mass is 9.66. The summed E-state index contributed by atoms with van der Waals surface area (Å²) in [5.74, 6) is -0.736. The first kappa shape index (κ1) is 21.1. The predicted molar refractivity (Wildman–Crippen MR) is 110 cm³/mol. The summed E-state index contributed by atoms with van der Waals surface area (Å²) < 4.78 is 26.7. The summed E-state index contributed by atoms with van der Waals surface area (Å²) in [6, 6.07) is 8.15. The fraction of sp³-hybridized carbons (Fsp3) is 0.667. The molecule has 0 spiro atoms. The molecule has 30 heavy (non-hydrogen) atoms. The van der Waals surface area contributed by atoms with Crippen LogP contribution in [0.2, 0.25) is 0 Å². The Morgan fingerprint density at radius 2 is 1.80 bits per heavy atom. The number of fused-ring (bicyclic) bond motifs is 3. The number of ether oxygens (including phenoxy) is 2. The lowest BCUT2D eigenvalue weighted by molar-refractivity contribution is -0.170. The van der Waals surface area contributed by atoms with E-state index in [0.29, 0.717) is 18.8 Å². The van der Waals surface area contributed by atoms with Gasteiger partial charge in [-0.1, -0.05) is 43.2 Å². The Hall–Kier alpha value is -2.11. The highest BCUT2D eigenvalue weighted by Crippen LogP contribution is 2.50. The van der Waals surface area contributed by atoms with Crippen LogP contribution in [0.25, 0.3) is 0 Å². The molecular weight excluding hydrogens is 385 g/mol. The summed E-state index contributed by atoms with van der Waals surface area (Å²) in [5, 5.41) is 0. The molecular formula is C24H32FNO4. The molecule has 2 bridgehead atoms. The first-order valence-corrected chi connectivity index (χ1v) is 11.1. The number of amides is 1. The SMILES string of the molecule is CC(C)(C)OC(=O)N1[C@H]2CC[C@H]([C@H](F)[C@H]2CC2CC2)[C@@H]1C(=O)OCc1ccccc1. The van der Waals surface area contributed by atoms with Crippen molar-refractivity contribution in [2.24, 2.45) is 17.8 Å². The summed E-state index contributed by atoms with van der Waals surface area (Å²) in [4.78, 5) is 27.7. The van der Waals surface area contributed by atoms with Crippen LogP contribution in [0.3, 0.4) is 0 Å². The number of carbonyl (C=O) groups is 2. The Bertz CT molecular complexity index is 773. The lowest BCUT2D eigenvalue weighted by Gasteiger charge is -2.55. The van der Waals surface area contributed by atoms with E-state index in [1.807, 2.05) is 30.3 Å². The Labute approximate surface area is 177 Å². The molecule has 2 saturated carbocycles. The normalized spacial score (nSPS) is 30.8. The smallest absolute Gasteiger partial charge is 0.411 e. The van der Waals surface area contributed by atoms with E-state index >= 15 is 4.39 Å². The number of esters is 1. The quantitative estimate of drug-likeness (QED) is 0.641. The van der Waals surface area contributed by atoms with Crippen molar-refractivity contribution in [2.75, 3.05) is 0 Å². The monoisotopic (exact) mass is 417 g/mol. The van der Waals surface area contributed by atoms with E-state index in [1.165, 1.54) is 4.90 Å². The molecule has 4 fully saturated rings. The topological polar surface area (TPSA) is 55.8 Å². The van der Waals surface area contributed by atoms with Crippen LogP contribution in [0.15, 0.2) is 30.3 Å². The highest BCUT2D eigenvalue weighted by Gasteiger charge is 2.59. The molecule has 5 rings (SSSR count). The van der Waals surface area contributed by atoms with Gasteiger partial charge in [0.05, 0.1) is 0 Å². The highest BCUT2D eigenvalue weighted by molar-refractivity contribution is 5.83. The van der Waals surface area contributed by atoms with Crippen molar-refractivity contribution in [1.29, 1.82) is 0 Å². The molecule has 1 aromatic rings. The van der Waals surface area contributed by atoms with Gasteiger partial charge in [0.2, 0.25) is 0 Å². The van der Waals surface area contributed by atoms with Crippen LogP contribution in [0.5, 0.6) is 0 Å². The fourth-order valence-electron chi connectivity index (χ4n) is 5.05. The standard InChI is InChI=1S/C24H32FNO4/c1-24(2,3)30-23(28)26-19-12-11-17(20(25)18(19)13-15-9-10-15)21(26)22(27)29-14-16-7-5-4-6-8-16/h4-8,15,17-21H,9-14H2,1-3H3/t17-,18+,19+,20+,21-/m1/s1. The molecule has 2 heterocycles. The molecule has 0 radical (unpaired) electrons. The third kappa shape index (κ3) is 4.47. The Kier molecular flexibility index (Phi) is 5.78. The summed E-state index contributed by atoms with van der Waals surface area (Å²) in [7, 11) is 0. The number of piperidine rings is 2. The molecule has 2 saturated heterocycles. The van der Waals surface area contributed by atoms with Crippen LogP contribution in [0, 0.1) is 17.8 Å². The van der Waals surface area contributed by atoms with Gasteiger partial charge in [0.1, 0.15) is 24.4 Å². The van der Waals surface area contributed by atoms with Gasteiger partial charge < -0.3 is 9.47 Å². The first-order chi connectivity index (χ1) is 14.2. The van der Waals surface area contributed by atoms with Crippen molar-refractivity contribution in [2.45, 2.75) is 83.3 Å². The van der Waals surface area contributed by atoms with Crippen LogP contribution in [0.1, 0.15) is 58.4 Å². The van der Waals surface area contributed by atoms with E-state index in [2.05, 4.69) is 0 Å². The van der Waals surface area contributed by atoms with Crippen LogP contribution in [-0.2, 0) is 20.9 Å². The minimum atomic E-state index is -1.09. The molecule has 2 aliphatic heterocycles. The molecule has 0 unspecified atom stereocenters. The van der Waals surface area contributed by atoms with Gasteiger partial charge >= 0.3 is 12.1 Å². The summed E-state index contributed by atoms with van der Waals surface area (Å²) in [6.07, 6.45) is 2.74. The molecule has 164 valence electrons. The van der Waals surface area contributed by atoms with E-state index < -0.39 is 35.8 Å². The first-order valence-electron chi connectivity index (χ1n) is 11.1. The zero-order chi connectivity index (χ0) is 21.5. The Morgan fingerprint density at radius 1 is 1.10 bits per heavy atom. The van der Waals surface area contributed by atoms with Gasteiger partial charge in [0.15, 0.2) is 0 Å². The van der Waals surface area contributed by atoms with Gasteiger partial charge in [-0.3, -0.25) is 4.90 Å². The van der Waals surface area contributed by atoms with Crippen molar-refractivity contribution < 1.29 is 23.5 Å². The summed E-state index contributed by atoms with van der Waals surface area (Å²) in [6.45, 7) is 5.51. The third-order valence-electron chi connectivity index (χ3n) is 6.54. The highest BCUT2D eigenvalue weighted by atomic mass is 19.1. The van der Waals surface area contributed by atoms with E-state index in [0.717, 1.165) is 24.8 Å².